The molecule has 2 aromatic carbocycles. The highest BCUT2D eigenvalue weighted by Gasteiger charge is 2.10. The van der Waals surface area contributed by atoms with Crippen molar-refractivity contribution in [1.82, 2.24) is 24.3 Å². The molecule has 3 aromatic heterocycles. The van der Waals surface area contributed by atoms with Gasteiger partial charge >= 0.3 is 0 Å². The van der Waals surface area contributed by atoms with E-state index in [-0.39, 0.29) is 18.3 Å². The predicted molar refractivity (Wildman–Crippen MR) is 130 cm³/mol. The van der Waals surface area contributed by atoms with Crippen LogP contribution < -0.4 is 10.1 Å². The summed E-state index contributed by atoms with van der Waals surface area (Å²) in [5.41, 5.74) is 4.42. The minimum absolute atomic E-state index is 0.213. The van der Waals surface area contributed by atoms with Crippen molar-refractivity contribution in [3.05, 3.63) is 113 Å². The maximum Gasteiger partial charge on any atom is 0.251 e. The number of amides is 1. The molecule has 5 aromatic rings. The van der Waals surface area contributed by atoms with Crippen molar-refractivity contribution in [1.29, 1.82) is 0 Å². The van der Waals surface area contributed by atoms with Crippen LogP contribution in [0.25, 0.3) is 11.3 Å². The molecule has 0 saturated carbocycles. The van der Waals surface area contributed by atoms with Gasteiger partial charge in [0.15, 0.2) is 0 Å². The molecule has 7 nitrogen and oxygen atoms in total. The third kappa shape index (κ3) is 4.91. The average molecular weight is 470 g/mol. The number of rotatable bonds is 7. The highest BCUT2D eigenvalue weighted by molar-refractivity contribution is 5.94. The third-order valence-electron chi connectivity index (χ3n) is 5.70. The first-order valence-corrected chi connectivity index (χ1v) is 11.2. The van der Waals surface area contributed by atoms with Crippen molar-refractivity contribution in [2.24, 2.45) is 0 Å². The summed E-state index contributed by atoms with van der Waals surface area (Å²) in [4.78, 5) is 21.2. The zero-order valence-electron chi connectivity index (χ0n) is 19.4. The Morgan fingerprint density at radius 3 is 2.63 bits per heavy atom. The fraction of sp³-hybridized carbons (Fsp3) is 0.148. The Morgan fingerprint density at radius 1 is 1.06 bits per heavy atom. The second-order valence-corrected chi connectivity index (χ2v) is 8.33. The molecule has 0 aliphatic rings. The van der Waals surface area contributed by atoms with Crippen molar-refractivity contribution in [2.75, 3.05) is 0 Å². The lowest BCUT2D eigenvalue weighted by molar-refractivity contribution is 0.0951. The lowest BCUT2D eigenvalue weighted by Gasteiger charge is -2.10. The Hall–Kier alpha value is -4.46. The second-order valence-electron chi connectivity index (χ2n) is 8.33. The predicted octanol–water partition coefficient (Wildman–Crippen LogP) is 4.78. The summed E-state index contributed by atoms with van der Waals surface area (Å²) in [5.74, 6) is 0.718. The summed E-state index contributed by atoms with van der Waals surface area (Å²) in [6.45, 7) is 4.38. The molecule has 8 heteroatoms. The van der Waals surface area contributed by atoms with Crippen molar-refractivity contribution in [3.8, 4) is 11.4 Å². The first-order chi connectivity index (χ1) is 17.0. The number of halogens is 1. The maximum atomic E-state index is 14.6. The smallest absolute Gasteiger partial charge is 0.251 e. The Balaban J connectivity index is 1.17. The van der Waals surface area contributed by atoms with Gasteiger partial charge in [0.05, 0.1) is 11.4 Å². The summed E-state index contributed by atoms with van der Waals surface area (Å²) >= 11 is 0. The van der Waals surface area contributed by atoms with E-state index in [0.29, 0.717) is 35.0 Å². The molecule has 0 aliphatic heterocycles. The molecule has 0 saturated heterocycles. The third-order valence-corrected chi connectivity index (χ3v) is 5.70. The SMILES string of the molecule is Cc1ccc2nc(COc3ccc(C(=O)NCc4ccc(-n5ccnc5C)c(F)c4)cc3)cn2c1. The molecule has 0 atom stereocenters. The minimum Gasteiger partial charge on any atom is -0.487 e. The molecule has 0 aliphatic carbocycles. The molecule has 0 spiro atoms. The summed E-state index contributed by atoms with van der Waals surface area (Å²) in [6, 6.07) is 15.8. The van der Waals surface area contributed by atoms with E-state index in [1.807, 2.05) is 42.8 Å². The van der Waals surface area contributed by atoms with E-state index in [9.17, 15) is 9.18 Å². The molecule has 0 radical (unpaired) electrons. The molecule has 35 heavy (non-hydrogen) atoms. The van der Waals surface area contributed by atoms with Gasteiger partial charge in [0, 0.05) is 36.9 Å². The van der Waals surface area contributed by atoms with Gasteiger partial charge in [-0.3, -0.25) is 4.79 Å². The van der Waals surface area contributed by atoms with Gasteiger partial charge in [0.25, 0.3) is 5.91 Å². The Bertz CT molecular complexity index is 1500. The first kappa shape index (κ1) is 22.3. The topological polar surface area (TPSA) is 73.4 Å². The lowest BCUT2D eigenvalue weighted by atomic mass is 10.1. The fourth-order valence-corrected chi connectivity index (χ4v) is 3.86. The van der Waals surface area contributed by atoms with Gasteiger partial charge in [-0.05, 0) is 67.4 Å². The van der Waals surface area contributed by atoms with E-state index in [4.69, 9.17) is 4.74 Å². The highest BCUT2D eigenvalue weighted by atomic mass is 19.1. The second kappa shape index (κ2) is 9.42. The molecule has 0 fully saturated rings. The van der Waals surface area contributed by atoms with Crippen LogP contribution in [0.1, 0.15) is 33.0 Å². The Morgan fingerprint density at radius 2 is 1.89 bits per heavy atom. The van der Waals surface area contributed by atoms with Gasteiger partial charge in [0.2, 0.25) is 0 Å². The van der Waals surface area contributed by atoms with E-state index in [1.165, 1.54) is 6.07 Å². The number of imidazole rings is 2. The quantitative estimate of drug-likeness (QED) is 0.372. The molecule has 1 amide bonds. The van der Waals surface area contributed by atoms with Gasteiger partial charge in [-0.15, -0.1) is 0 Å². The highest BCUT2D eigenvalue weighted by Crippen LogP contribution is 2.18. The summed E-state index contributed by atoms with van der Waals surface area (Å²) in [5, 5.41) is 2.83. The monoisotopic (exact) mass is 469 g/mol. The maximum absolute atomic E-state index is 14.6. The van der Waals surface area contributed by atoms with Crippen LogP contribution in [0.15, 0.2) is 79.4 Å². The first-order valence-electron chi connectivity index (χ1n) is 11.2. The van der Waals surface area contributed by atoms with Crippen LogP contribution in [-0.2, 0) is 13.2 Å². The molecular formula is C27H24FN5O2. The Labute approximate surface area is 201 Å². The molecule has 0 bridgehead atoms. The standard InChI is InChI=1S/C27H24FN5O2/c1-18-3-10-26-31-22(16-32(26)15-18)17-35-23-7-5-21(6-8-23)27(34)30-14-20-4-9-25(24(28)13-20)33-12-11-29-19(33)2/h3-13,15-16H,14,17H2,1-2H3,(H,30,34). The van der Waals surface area contributed by atoms with Crippen LogP contribution in [0.2, 0.25) is 0 Å². The summed E-state index contributed by atoms with van der Waals surface area (Å²) in [6.07, 6.45) is 7.29. The van der Waals surface area contributed by atoms with Crippen LogP contribution in [0.5, 0.6) is 5.75 Å². The number of nitrogens with one attached hydrogen (secondary N) is 1. The molecule has 1 N–H and O–H groups in total. The number of nitrogens with zero attached hydrogens (tertiary/aromatic N) is 4. The van der Waals surface area contributed by atoms with E-state index in [2.05, 4.69) is 15.3 Å². The van der Waals surface area contributed by atoms with E-state index < -0.39 is 0 Å². The van der Waals surface area contributed by atoms with Crippen molar-refractivity contribution < 1.29 is 13.9 Å². The fourth-order valence-electron chi connectivity index (χ4n) is 3.86. The van der Waals surface area contributed by atoms with Gasteiger partial charge in [-0.2, -0.15) is 0 Å². The van der Waals surface area contributed by atoms with Gasteiger partial charge < -0.3 is 19.0 Å². The summed E-state index contributed by atoms with van der Waals surface area (Å²) in [7, 11) is 0. The number of ether oxygens (including phenoxy) is 1. The molecular weight excluding hydrogens is 445 g/mol. The number of fused-ring (bicyclic) bond motifs is 1. The normalized spacial score (nSPS) is 11.1. The number of aryl methyl sites for hydroxylation is 2. The van der Waals surface area contributed by atoms with Gasteiger partial charge in [-0.1, -0.05) is 12.1 Å². The van der Waals surface area contributed by atoms with Crippen LogP contribution in [0, 0.1) is 19.7 Å². The lowest BCUT2D eigenvalue weighted by Crippen LogP contribution is -2.22. The molecule has 0 unspecified atom stereocenters. The van der Waals surface area contributed by atoms with Crippen molar-refractivity contribution >= 4 is 11.6 Å². The number of carbonyl (C=O) groups is 1. The van der Waals surface area contributed by atoms with E-state index >= 15 is 0 Å². The van der Waals surface area contributed by atoms with Gasteiger partial charge in [-0.25, -0.2) is 14.4 Å². The van der Waals surface area contributed by atoms with Crippen LogP contribution >= 0.6 is 0 Å². The Kier molecular flexibility index (Phi) is 6.01. The zero-order valence-corrected chi connectivity index (χ0v) is 19.4. The van der Waals surface area contributed by atoms with Crippen LogP contribution in [0.4, 0.5) is 4.39 Å². The number of carbonyl (C=O) groups excluding carboxylic acids is 1. The minimum atomic E-state index is -0.375. The number of hydrogen-bond donors (Lipinski definition) is 1. The molecule has 3 heterocycles. The van der Waals surface area contributed by atoms with Gasteiger partial charge in [0.1, 0.15) is 29.6 Å². The van der Waals surface area contributed by atoms with E-state index in [0.717, 1.165) is 16.9 Å². The number of benzene rings is 2. The average Bonchev–Trinajstić information content (AvgIpc) is 3.47. The largest absolute Gasteiger partial charge is 0.487 e. The van der Waals surface area contributed by atoms with Crippen molar-refractivity contribution in [3.63, 3.8) is 0 Å². The summed E-state index contributed by atoms with van der Waals surface area (Å²) < 4.78 is 24.1. The molecule has 176 valence electrons. The molecule has 5 rings (SSSR count). The number of hydrogen-bond acceptors (Lipinski definition) is 4. The van der Waals surface area contributed by atoms with Crippen LogP contribution in [-0.4, -0.2) is 24.8 Å². The zero-order chi connectivity index (χ0) is 24.4. The van der Waals surface area contributed by atoms with E-state index in [1.54, 1.807) is 53.4 Å². The van der Waals surface area contributed by atoms with Crippen molar-refractivity contribution in [2.45, 2.75) is 27.0 Å². The number of aromatic nitrogens is 4. The number of pyridine rings is 1. The van der Waals surface area contributed by atoms with Crippen LogP contribution in [0.3, 0.4) is 0 Å².